The van der Waals surface area contributed by atoms with E-state index in [4.69, 9.17) is 0 Å². The molecule has 2 nitrogen and oxygen atoms in total. The van der Waals surface area contributed by atoms with Crippen LogP contribution in [0.5, 0.6) is 0 Å². The predicted octanol–water partition coefficient (Wildman–Crippen LogP) is 5.80. The van der Waals surface area contributed by atoms with Crippen molar-refractivity contribution in [3.8, 4) is 0 Å². The van der Waals surface area contributed by atoms with Crippen LogP contribution in [0.3, 0.4) is 0 Å². The molecule has 0 fully saturated rings. The smallest absolute Gasteiger partial charge is 0.237 e. The maximum atomic E-state index is 12.5. The molecule has 0 aliphatic rings. The van der Waals surface area contributed by atoms with E-state index in [1.165, 1.54) is 27.1 Å². The third kappa shape index (κ3) is 4.39. The number of hydrogen-bond donors (Lipinski definition) is 1. The zero-order chi connectivity index (χ0) is 17.1. The molecule has 0 saturated heterocycles. The molecule has 0 unspecified atom stereocenters. The standard InChI is InChI=1S/C19H22BrNOS/c1-11-10-12(2)14(4)18(13(11)3)23-15(5)19(22)21-17-8-6-16(20)7-9-17/h6-10,15H,1-5H3,(H,21,22)/t15-/m1/s1. The summed E-state index contributed by atoms with van der Waals surface area (Å²) in [4.78, 5) is 13.7. The van der Waals surface area contributed by atoms with Crippen molar-refractivity contribution in [1.82, 2.24) is 0 Å². The van der Waals surface area contributed by atoms with Gasteiger partial charge in [-0.05, 0) is 81.1 Å². The minimum Gasteiger partial charge on any atom is -0.325 e. The van der Waals surface area contributed by atoms with Gasteiger partial charge in [0.15, 0.2) is 0 Å². The van der Waals surface area contributed by atoms with Crippen molar-refractivity contribution in [1.29, 1.82) is 0 Å². The van der Waals surface area contributed by atoms with Gasteiger partial charge in [0.1, 0.15) is 0 Å². The van der Waals surface area contributed by atoms with Gasteiger partial charge >= 0.3 is 0 Å². The van der Waals surface area contributed by atoms with Crippen molar-refractivity contribution in [3.05, 3.63) is 57.1 Å². The quantitative estimate of drug-likeness (QED) is 0.666. The summed E-state index contributed by atoms with van der Waals surface area (Å²) in [5.74, 6) is 0.0234. The Kier molecular flexibility index (Phi) is 5.93. The summed E-state index contributed by atoms with van der Waals surface area (Å²) in [6.07, 6.45) is 0. The van der Waals surface area contributed by atoms with Crippen LogP contribution in [0.1, 0.15) is 29.2 Å². The lowest BCUT2D eigenvalue weighted by atomic mass is 10.0. The number of hydrogen-bond acceptors (Lipinski definition) is 2. The van der Waals surface area contributed by atoms with E-state index < -0.39 is 0 Å². The lowest BCUT2D eigenvalue weighted by Crippen LogP contribution is -2.22. The number of carbonyl (C=O) groups is 1. The van der Waals surface area contributed by atoms with Gasteiger partial charge in [0.2, 0.25) is 5.91 Å². The van der Waals surface area contributed by atoms with Crippen LogP contribution in [0.15, 0.2) is 39.7 Å². The van der Waals surface area contributed by atoms with Gasteiger partial charge < -0.3 is 5.32 Å². The number of nitrogens with one attached hydrogen (secondary N) is 1. The SMILES string of the molecule is Cc1cc(C)c(C)c(S[C@H](C)C(=O)Nc2ccc(Br)cc2)c1C. The van der Waals surface area contributed by atoms with Crippen molar-refractivity contribution < 1.29 is 4.79 Å². The fraction of sp³-hybridized carbons (Fsp3) is 0.316. The number of thioether (sulfide) groups is 1. The molecule has 0 aliphatic carbocycles. The molecule has 2 aromatic carbocycles. The summed E-state index contributed by atoms with van der Waals surface area (Å²) in [5.41, 5.74) is 5.90. The van der Waals surface area contributed by atoms with E-state index in [1.807, 2.05) is 31.2 Å². The third-order valence-electron chi connectivity index (χ3n) is 4.07. The average molecular weight is 392 g/mol. The molecule has 2 rings (SSSR count). The Morgan fingerprint density at radius 1 is 1.04 bits per heavy atom. The third-order valence-corrected chi connectivity index (χ3v) is 6.02. The summed E-state index contributed by atoms with van der Waals surface area (Å²) in [5, 5.41) is 2.82. The summed E-state index contributed by atoms with van der Waals surface area (Å²) in [6, 6.07) is 9.85. The molecule has 122 valence electrons. The van der Waals surface area contributed by atoms with Crippen molar-refractivity contribution in [2.24, 2.45) is 0 Å². The highest BCUT2D eigenvalue weighted by molar-refractivity contribution is 9.10. The minimum absolute atomic E-state index is 0.0234. The highest BCUT2D eigenvalue weighted by atomic mass is 79.9. The van der Waals surface area contributed by atoms with Gasteiger partial charge in [-0.2, -0.15) is 0 Å². The van der Waals surface area contributed by atoms with Gasteiger partial charge in [-0.15, -0.1) is 11.8 Å². The van der Waals surface area contributed by atoms with Gasteiger partial charge in [-0.3, -0.25) is 4.79 Å². The molecule has 1 amide bonds. The van der Waals surface area contributed by atoms with Gasteiger partial charge in [0.05, 0.1) is 5.25 Å². The van der Waals surface area contributed by atoms with Crippen LogP contribution in [0.25, 0.3) is 0 Å². The number of halogens is 1. The second kappa shape index (κ2) is 7.54. The lowest BCUT2D eigenvalue weighted by molar-refractivity contribution is -0.115. The van der Waals surface area contributed by atoms with E-state index in [-0.39, 0.29) is 11.2 Å². The molecule has 1 N–H and O–H groups in total. The van der Waals surface area contributed by atoms with Crippen LogP contribution >= 0.6 is 27.7 Å². The van der Waals surface area contributed by atoms with Gasteiger partial charge in [0.25, 0.3) is 0 Å². The molecule has 1 atom stereocenters. The van der Waals surface area contributed by atoms with Crippen molar-refractivity contribution in [3.63, 3.8) is 0 Å². The highest BCUT2D eigenvalue weighted by Gasteiger charge is 2.18. The number of anilines is 1. The Hall–Kier alpha value is -1.26. The number of rotatable bonds is 4. The Morgan fingerprint density at radius 3 is 2.09 bits per heavy atom. The summed E-state index contributed by atoms with van der Waals surface area (Å²) in [6.45, 7) is 10.5. The summed E-state index contributed by atoms with van der Waals surface area (Å²) < 4.78 is 0.999. The lowest BCUT2D eigenvalue weighted by Gasteiger charge is -2.18. The highest BCUT2D eigenvalue weighted by Crippen LogP contribution is 2.34. The first-order valence-corrected chi connectivity index (χ1v) is 9.27. The van der Waals surface area contributed by atoms with Crippen molar-refractivity contribution in [2.75, 3.05) is 5.32 Å². The first-order valence-electron chi connectivity index (χ1n) is 7.60. The first kappa shape index (κ1) is 18.1. The van der Waals surface area contributed by atoms with Crippen LogP contribution in [0, 0.1) is 27.7 Å². The molecule has 0 aromatic heterocycles. The molecule has 2 aromatic rings. The molecule has 0 radical (unpaired) electrons. The molecule has 23 heavy (non-hydrogen) atoms. The summed E-state index contributed by atoms with van der Waals surface area (Å²) >= 11 is 5.03. The first-order chi connectivity index (χ1) is 10.8. The average Bonchev–Trinajstić information content (AvgIpc) is 2.51. The fourth-order valence-corrected chi connectivity index (χ4v) is 3.82. The van der Waals surface area contributed by atoms with E-state index in [2.05, 4.69) is 55.0 Å². The molecular weight excluding hydrogens is 370 g/mol. The van der Waals surface area contributed by atoms with E-state index in [9.17, 15) is 4.79 Å². The molecule has 0 aliphatic heterocycles. The van der Waals surface area contributed by atoms with Crippen molar-refractivity contribution in [2.45, 2.75) is 44.8 Å². The van der Waals surface area contributed by atoms with E-state index in [0.717, 1.165) is 10.2 Å². The molecule has 0 saturated carbocycles. The molecular formula is C19H22BrNOS. The maximum absolute atomic E-state index is 12.5. The number of aryl methyl sites for hydroxylation is 2. The second-order valence-electron chi connectivity index (χ2n) is 5.85. The van der Waals surface area contributed by atoms with Gasteiger partial charge in [0, 0.05) is 15.1 Å². The van der Waals surface area contributed by atoms with Gasteiger partial charge in [-0.1, -0.05) is 22.0 Å². The van der Waals surface area contributed by atoms with Crippen LogP contribution in [0.4, 0.5) is 5.69 Å². The Balaban J connectivity index is 2.14. The Bertz CT molecular complexity index is 699. The molecule has 0 bridgehead atoms. The zero-order valence-corrected chi connectivity index (χ0v) is 16.6. The van der Waals surface area contributed by atoms with E-state index in [1.54, 1.807) is 11.8 Å². The fourth-order valence-electron chi connectivity index (χ4n) is 2.36. The maximum Gasteiger partial charge on any atom is 0.237 e. The minimum atomic E-state index is -0.155. The predicted molar refractivity (Wildman–Crippen MR) is 103 cm³/mol. The largest absolute Gasteiger partial charge is 0.325 e. The number of benzene rings is 2. The van der Waals surface area contributed by atoms with E-state index in [0.29, 0.717) is 0 Å². The van der Waals surface area contributed by atoms with Crippen LogP contribution in [-0.2, 0) is 4.79 Å². The summed E-state index contributed by atoms with van der Waals surface area (Å²) in [7, 11) is 0. The topological polar surface area (TPSA) is 29.1 Å². The molecule has 4 heteroatoms. The number of amides is 1. The Labute approximate surface area is 151 Å². The van der Waals surface area contributed by atoms with Crippen LogP contribution < -0.4 is 5.32 Å². The van der Waals surface area contributed by atoms with Crippen LogP contribution in [0.2, 0.25) is 0 Å². The van der Waals surface area contributed by atoms with Crippen molar-refractivity contribution >= 4 is 39.3 Å². The van der Waals surface area contributed by atoms with Crippen LogP contribution in [-0.4, -0.2) is 11.2 Å². The normalized spacial score (nSPS) is 12.1. The Morgan fingerprint density at radius 2 is 1.57 bits per heavy atom. The monoisotopic (exact) mass is 391 g/mol. The van der Waals surface area contributed by atoms with Gasteiger partial charge in [-0.25, -0.2) is 0 Å². The second-order valence-corrected chi connectivity index (χ2v) is 8.11. The molecule has 0 spiro atoms. The van der Waals surface area contributed by atoms with E-state index >= 15 is 0 Å². The zero-order valence-electron chi connectivity index (χ0n) is 14.2. The molecule has 0 heterocycles. The number of carbonyl (C=O) groups excluding carboxylic acids is 1.